The molecule has 0 radical (unpaired) electrons. The van der Waals surface area contributed by atoms with Gasteiger partial charge in [-0.15, -0.1) is 0 Å². The van der Waals surface area contributed by atoms with Crippen LogP contribution >= 0.6 is 0 Å². The lowest BCUT2D eigenvalue weighted by Gasteiger charge is -2.34. The highest BCUT2D eigenvalue weighted by molar-refractivity contribution is 5.92. The van der Waals surface area contributed by atoms with E-state index in [9.17, 15) is 0 Å². The van der Waals surface area contributed by atoms with Crippen molar-refractivity contribution in [2.24, 2.45) is 0 Å². The van der Waals surface area contributed by atoms with E-state index in [1.807, 2.05) is 0 Å². The predicted octanol–water partition coefficient (Wildman–Crippen LogP) is 2.89. The van der Waals surface area contributed by atoms with Crippen molar-refractivity contribution in [1.29, 1.82) is 0 Å². The smallest absolute Gasteiger partial charge is 0.0385 e. The molecular formula is C16H18N2. The first-order valence-electron chi connectivity index (χ1n) is 6.86. The third-order valence-electron chi connectivity index (χ3n) is 4.64. The number of benzene rings is 2. The van der Waals surface area contributed by atoms with E-state index in [2.05, 4.69) is 47.0 Å². The van der Waals surface area contributed by atoms with Gasteiger partial charge in [-0.3, -0.25) is 0 Å². The van der Waals surface area contributed by atoms with Gasteiger partial charge >= 0.3 is 0 Å². The van der Waals surface area contributed by atoms with Crippen molar-refractivity contribution in [3.63, 3.8) is 0 Å². The van der Waals surface area contributed by atoms with Gasteiger partial charge in [-0.1, -0.05) is 30.3 Å². The molecule has 2 aromatic rings. The molecule has 1 spiro atoms. The zero-order valence-electron chi connectivity index (χ0n) is 10.5. The molecule has 2 aliphatic heterocycles. The summed E-state index contributed by atoms with van der Waals surface area (Å²) in [5, 5.41) is 9.93. The molecular weight excluding hydrogens is 220 g/mol. The summed E-state index contributed by atoms with van der Waals surface area (Å²) in [5.41, 5.74) is 3.29. The van der Waals surface area contributed by atoms with Crippen LogP contribution in [0.1, 0.15) is 18.4 Å². The first kappa shape index (κ1) is 10.4. The maximum atomic E-state index is 3.63. The van der Waals surface area contributed by atoms with Gasteiger partial charge in [0, 0.05) is 17.6 Å². The van der Waals surface area contributed by atoms with Crippen LogP contribution in [0.4, 0.5) is 5.69 Å². The van der Waals surface area contributed by atoms with Gasteiger partial charge in [0.25, 0.3) is 0 Å². The van der Waals surface area contributed by atoms with Gasteiger partial charge in [0.05, 0.1) is 0 Å². The van der Waals surface area contributed by atoms with Gasteiger partial charge in [-0.25, -0.2) is 0 Å². The van der Waals surface area contributed by atoms with E-state index in [0.29, 0.717) is 5.41 Å². The molecule has 2 heteroatoms. The van der Waals surface area contributed by atoms with Crippen LogP contribution in [0.2, 0.25) is 0 Å². The van der Waals surface area contributed by atoms with Crippen molar-refractivity contribution < 1.29 is 0 Å². The van der Waals surface area contributed by atoms with E-state index in [0.717, 1.165) is 19.6 Å². The summed E-state index contributed by atoms with van der Waals surface area (Å²) in [5.74, 6) is 0. The predicted molar refractivity (Wildman–Crippen MR) is 76.2 cm³/mol. The van der Waals surface area contributed by atoms with Crippen LogP contribution in [-0.2, 0) is 5.41 Å². The fourth-order valence-corrected chi connectivity index (χ4v) is 3.68. The highest BCUT2D eigenvalue weighted by Gasteiger charge is 2.40. The molecule has 92 valence electrons. The fourth-order valence-electron chi connectivity index (χ4n) is 3.68. The van der Waals surface area contributed by atoms with Crippen molar-refractivity contribution in [2.75, 3.05) is 25.0 Å². The first-order valence-corrected chi connectivity index (χ1v) is 6.86. The van der Waals surface area contributed by atoms with Crippen LogP contribution in [0.5, 0.6) is 0 Å². The zero-order chi connectivity index (χ0) is 12.0. The van der Waals surface area contributed by atoms with E-state index < -0.39 is 0 Å². The molecule has 0 unspecified atom stereocenters. The Balaban J connectivity index is 1.99. The Morgan fingerprint density at radius 1 is 0.944 bits per heavy atom. The van der Waals surface area contributed by atoms with Gasteiger partial charge in [0.2, 0.25) is 0 Å². The lowest BCUT2D eigenvalue weighted by molar-refractivity contribution is 0.337. The Labute approximate surface area is 107 Å². The summed E-state index contributed by atoms with van der Waals surface area (Å²) in [6.45, 7) is 3.40. The maximum absolute atomic E-state index is 3.63. The van der Waals surface area contributed by atoms with Crippen molar-refractivity contribution in [3.05, 3.63) is 42.0 Å². The van der Waals surface area contributed by atoms with Crippen LogP contribution < -0.4 is 10.6 Å². The largest absolute Gasteiger partial charge is 0.384 e. The van der Waals surface area contributed by atoms with Crippen LogP contribution in [0.3, 0.4) is 0 Å². The van der Waals surface area contributed by atoms with Gasteiger partial charge < -0.3 is 10.6 Å². The van der Waals surface area contributed by atoms with Crippen LogP contribution in [-0.4, -0.2) is 19.6 Å². The minimum atomic E-state index is 0.363. The average Bonchev–Trinajstić information content (AvgIpc) is 2.79. The third-order valence-corrected chi connectivity index (χ3v) is 4.64. The molecule has 2 heterocycles. The Bertz CT molecular complexity index is 592. The first-order chi connectivity index (χ1) is 8.89. The van der Waals surface area contributed by atoms with Crippen molar-refractivity contribution in [1.82, 2.24) is 5.32 Å². The normalized spacial score (nSPS) is 20.9. The molecule has 0 atom stereocenters. The van der Waals surface area contributed by atoms with E-state index in [-0.39, 0.29) is 0 Å². The number of fused-ring (bicyclic) bond motifs is 4. The molecule has 0 saturated carbocycles. The number of hydrogen-bond acceptors (Lipinski definition) is 2. The summed E-state index contributed by atoms with van der Waals surface area (Å²) in [4.78, 5) is 0. The van der Waals surface area contributed by atoms with Crippen LogP contribution in [0.15, 0.2) is 36.4 Å². The highest BCUT2D eigenvalue weighted by atomic mass is 15.0. The number of hydrogen-bond donors (Lipinski definition) is 2. The second kappa shape index (κ2) is 3.72. The Morgan fingerprint density at radius 3 is 2.67 bits per heavy atom. The molecule has 2 nitrogen and oxygen atoms in total. The molecule has 0 bridgehead atoms. The van der Waals surface area contributed by atoms with Gasteiger partial charge in [0.1, 0.15) is 0 Å². The lowest BCUT2D eigenvalue weighted by Crippen LogP contribution is -2.41. The minimum absolute atomic E-state index is 0.363. The molecule has 1 fully saturated rings. The van der Waals surface area contributed by atoms with E-state index >= 15 is 0 Å². The van der Waals surface area contributed by atoms with Crippen LogP contribution in [0.25, 0.3) is 10.8 Å². The second-order valence-corrected chi connectivity index (χ2v) is 5.59. The topological polar surface area (TPSA) is 24.1 Å². The SMILES string of the molecule is c1ccc2c3c(ccc2c1)NCC31CCNCC1. The molecule has 1 saturated heterocycles. The standard InChI is InChI=1S/C16H18N2/c1-2-4-13-12(3-1)5-6-14-15(13)16(11-18-14)7-9-17-10-8-16/h1-6,17-18H,7-11H2. The number of piperidine rings is 1. The quantitative estimate of drug-likeness (QED) is 0.737. The Morgan fingerprint density at radius 2 is 1.78 bits per heavy atom. The summed E-state index contributed by atoms with van der Waals surface area (Å²) >= 11 is 0. The maximum Gasteiger partial charge on any atom is 0.0385 e. The molecule has 18 heavy (non-hydrogen) atoms. The molecule has 0 aliphatic carbocycles. The minimum Gasteiger partial charge on any atom is -0.384 e. The molecule has 0 aromatic heterocycles. The molecule has 0 amide bonds. The van der Waals surface area contributed by atoms with E-state index in [1.165, 1.54) is 29.3 Å². The lowest BCUT2D eigenvalue weighted by atomic mass is 9.73. The van der Waals surface area contributed by atoms with E-state index in [1.54, 1.807) is 5.56 Å². The molecule has 2 N–H and O–H groups in total. The monoisotopic (exact) mass is 238 g/mol. The van der Waals surface area contributed by atoms with Crippen molar-refractivity contribution >= 4 is 16.5 Å². The summed E-state index contributed by atoms with van der Waals surface area (Å²) in [7, 11) is 0. The Kier molecular flexibility index (Phi) is 2.15. The van der Waals surface area contributed by atoms with Crippen LogP contribution in [0, 0.1) is 0 Å². The molecule has 2 aliphatic rings. The van der Waals surface area contributed by atoms with E-state index in [4.69, 9.17) is 0 Å². The van der Waals surface area contributed by atoms with Gasteiger partial charge in [-0.05, 0) is 48.3 Å². The average molecular weight is 238 g/mol. The van der Waals surface area contributed by atoms with Crippen molar-refractivity contribution in [2.45, 2.75) is 18.3 Å². The number of rotatable bonds is 0. The third kappa shape index (κ3) is 1.33. The summed E-state index contributed by atoms with van der Waals surface area (Å²) < 4.78 is 0. The Hall–Kier alpha value is -1.54. The molecule has 4 rings (SSSR count). The number of nitrogens with one attached hydrogen (secondary N) is 2. The van der Waals surface area contributed by atoms with Gasteiger partial charge in [0.15, 0.2) is 0 Å². The number of anilines is 1. The van der Waals surface area contributed by atoms with Gasteiger partial charge in [-0.2, -0.15) is 0 Å². The summed E-state index contributed by atoms with van der Waals surface area (Å²) in [6, 6.07) is 13.3. The molecule has 2 aromatic carbocycles. The fraction of sp³-hybridized carbons (Fsp3) is 0.375. The second-order valence-electron chi connectivity index (χ2n) is 5.59. The van der Waals surface area contributed by atoms with Crippen molar-refractivity contribution in [3.8, 4) is 0 Å². The highest BCUT2D eigenvalue weighted by Crippen LogP contribution is 2.46. The summed E-state index contributed by atoms with van der Waals surface area (Å²) in [6.07, 6.45) is 2.50. The zero-order valence-corrected chi connectivity index (χ0v) is 10.5.